The second-order valence-electron chi connectivity index (χ2n) is 5.86. The van der Waals surface area contributed by atoms with Crippen molar-refractivity contribution in [3.8, 4) is 0 Å². The van der Waals surface area contributed by atoms with E-state index in [1.54, 1.807) is 46.2 Å². The Morgan fingerprint density at radius 2 is 0.833 bits per heavy atom. The number of nitrogens with zero attached hydrogens (tertiary/aromatic N) is 2. The number of hydrogen-bond donors (Lipinski definition) is 0. The maximum Gasteiger partial charge on any atom is 0.0629 e. The minimum absolute atomic E-state index is 1.26. The van der Waals surface area contributed by atoms with Crippen LogP contribution < -0.4 is 0 Å². The largest absolute Gasteiger partial charge is 0.154 e. The molecular weight excluding hydrogens is 372 g/mol. The van der Waals surface area contributed by atoms with Crippen molar-refractivity contribution in [2.24, 2.45) is 7.54 Å². The van der Waals surface area contributed by atoms with Crippen molar-refractivity contribution in [3.63, 3.8) is 0 Å². The standard InChI is InChI=1S/C18H8N2S4/c1-9-2-13-7-17-18(24-20-23-17)8-14(13)4-10(9)3-12-6-16-15(5-11(1)12)21-19-22-16/h1-8H. The van der Waals surface area contributed by atoms with E-state index in [0.29, 0.717) is 0 Å². The molecule has 0 unspecified atom stereocenters. The van der Waals surface area contributed by atoms with Crippen molar-refractivity contribution in [3.05, 3.63) is 57.6 Å². The van der Waals surface area contributed by atoms with E-state index in [0.717, 1.165) is 0 Å². The van der Waals surface area contributed by atoms with E-state index in [1.165, 1.54) is 51.1 Å². The lowest BCUT2D eigenvalue weighted by Gasteiger charge is -2.06. The fourth-order valence-electron chi connectivity index (χ4n) is 3.25. The Kier molecular flexibility index (Phi) is 2.82. The van der Waals surface area contributed by atoms with Gasteiger partial charge in [-0.2, -0.15) is 7.54 Å². The average molecular weight is 381 g/mol. The first-order chi connectivity index (χ1) is 11.8. The molecule has 2 heterocycles. The van der Waals surface area contributed by atoms with Crippen molar-refractivity contribution < 1.29 is 0 Å². The lowest BCUT2D eigenvalue weighted by atomic mass is 10.00. The molecule has 0 amide bonds. The normalized spacial score (nSPS) is 14.8. The highest BCUT2D eigenvalue weighted by Crippen LogP contribution is 2.34. The van der Waals surface area contributed by atoms with Gasteiger partial charge in [-0.25, -0.2) is 0 Å². The first-order valence-electron chi connectivity index (χ1n) is 7.42. The van der Waals surface area contributed by atoms with Crippen LogP contribution in [-0.2, 0) is 22.3 Å². The average Bonchev–Trinajstić information content (AvgIpc) is 3.22. The summed E-state index contributed by atoms with van der Waals surface area (Å²) >= 11 is 6.31. The highest BCUT2D eigenvalue weighted by atomic mass is 32.2. The first-order valence-corrected chi connectivity index (χ1v) is 10.5. The van der Waals surface area contributed by atoms with Crippen LogP contribution >= 0.6 is 23.9 Å². The summed E-state index contributed by atoms with van der Waals surface area (Å²) < 4.78 is 11.2. The fraction of sp³-hybridized carbons (Fsp3) is 0. The summed E-state index contributed by atoms with van der Waals surface area (Å²) in [4.78, 5) is 2.53. The second-order valence-corrected chi connectivity index (χ2v) is 9.54. The molecule has 114 valence electrons. The highest BCUT2D eigenvalue weighted by Gasteiger charge is 2.08. The molecule has 24 heavy (non-hydrogen) atoms. The molecule has 0 fully saturated rings. The van der Waals surface area contributed by atoms with Crippen molar-refractivity contribution in [2.45, 2.75) is 9.79 Å². The van der Waals surface area contributed by atoms with Gasteiger partial charge in [0.1, 0.15) is 0 Å². The van der Waals surface area contributed by atoms with Crippen LogP contribution in [0.15, 0.2) is 65.9 Å². The van der Waals surface area contributed by atoms with E-state index in [2.05, 4.69) is 56.1 Å². The van der Waals surface area contributed by atoms with E-state index in [4.69, 9.17) is 0 Å². The molecule has 0 aliphatic carbocycles. The number of rotatable bonds is 0. The van der Waals surface area contributed by atoms with Gasteiger partial charge in [0.05, 0.1) is 18.8 Å². The molecule has 0 atom stereocenters. The highest BCUT2D eigenvalue weighted by molar-refractivity contribution is 8.02. The molecule has 0 aromatic heterocycles. The number of hydrogen-bond acceptors (Lipinski definition) is 4. The molecule has 2 nitrogen and oxygen atoms in total. The van der Waals surface area contributed by atoms with E-state index in [1.807, 2.05) is 0 Å². The summed E-state index contributed by atoms with van der Waals surface area (Å²) in [5.74, 6) is 0. The minimum atomic E-state index is 1.26. The molecule has 4 aromatic rings. The second kappa shape index (κ2) is 4.95. The Balaban J connectivity index is 1.74. The molecule has 0 bridgehead atoms. The SMILES string of the molecule is c1c2c(cc3cc4cc5cc6c(cc5cc4cc13)=S=NS6)=S=NS2. The van der Waals surface area contributed by atoms with Crippen LogP contribution in [0.25, 0.3) is 32.3 Å². The maximum absolute atomic E-state index is 4.34. The van der Waals surface area contributed by atoms with E-state index >= 15 is 0 Å². The van der Waals surface area contributed by atoms with Gasteiger partial charge in [-0.1, -0.05) is 0 Å². The van der Waals surface area contributed by atoms with Gasteiger partial charge in [0.25, 0.3) is 0 Å². The summed E-state index contributed by atoms with van der Waals surface area (Å²) in [5.41, 5.74) is 0. The molecule has 2 aliphatic rings. The van der Waals surface area contributed by atoms with E-state index in [9.17, 15) is 0 Å². The van der Waals surface area contributed by atoms with Gasteiger partial charge in [-0.05, 0) is 103 Å². The summed E-state index contributed by atoms with van der Waals surface area (Å²) in [5, 5.41) is 7.71. The summed E-state index contributed by atoms with van der Waals surface area (Å²) in [7, 11) is 0. The molecule has 4 aromatic carbocycles. The van der Waals surface area contributed by atoms with Gasteiger partial charge < -0.3 is 0 Å². The Bertz CT molecular complexity index is 1320. The summed E-state index contributed by atoms with van der Waals surface area (Å²) in [6.45, 7) is 0. The van der Waals surface area contributed by atoms with Crippen molar-refractivity contribution in [1.29, 1.82) is 0 Å². The predicted molar refractivity (Wildman–Crippen MR) is 108 cm³/mol. The summed E-state index contributed by atoms with van der Waals surface area (Å²) in [6.07, 6.45) is 0. The van der Waals surface area contributed by atoms with Gasteiger partial charge in [0.2, 0.25) is 0 Å². The van der Waals surface area contributed by atoms with Crippen LogP contribution in [-0.4, -0.2) is 0 Å². The topological polar surface area (TPSA) is 24.7 Å². The van der Waals surface area contributed by atoms with Crippen LogP contribution in [0.3, 0.4) is 0 Å². The smallest absolute Gasteiger partial charge is 0.0629 e. The lowest BCUT2D eigenvalue weighted by molar-refractivity contribution is 1.48. The lowest BCUT2D eigenvalue weighted by Crippen LogP contribution is -1.82. The van der Waals surface area contributed by atoms with Crippen LogP contribution in [0.4, 0.5) is 0 Å². The number of fused-ring (bicyclic) bond motifs is 5. The molecule has 0 radical (unpaired) electrons. The predicted octanol–water partition coefficient (Wildman–Crippen LogP) is 6.22. The zero-order chi connectivity index (χ0) is 15.7. The molecule has 0 N–H and O–H groups in total. The zero-order valence-corrected chi connectivity index (χ0v) is 15.4. The van der Waals surface area contributed by atoms with Crippen molar-refractivity contribution >= 4 is 78.5 Å². The van der Waals surface area contributed by atoms with Gasteiger partial charge in [0.15, 0.2) is 0 Å². The van der Waals surface area contributed by atoms with E-state index in [-0.39, 0.29) is 0 Å². The van der Waals surface area contributed by atoms with Gasteiger partial charge in [-0.15, -0.1) is 0 Å². The van der Waals surface area contributed by atoms with Crippen LogP contribution in [0.2, 0.25) is 0 Å². The monoisotopic (exact) mass is 380 g/mol. The molecule has 0 saturated carbocycles. The Hall–Kier alpha value is -1.60. The fourth-order valence-corrected chi connectivity index (χ4v) is 6.60. The Morgan fingerprint density at radius 1 is 0.458 bits per heavy atom. The third-order valence-electron chi connectivity index (χ3n) is 4.42. The van der Waals surface area contributed by atoms with Gasteiger partial charge >= 0.3 is 0 Å². The maximum atomic E-state index is 4.34. The van der Waals surface area contributed by atoms with Gasteiger partial charge in [0, 0.05) is 23.9 Å². The van der Waals surface area contributed by atoms with Crippen molar-refractivity contribution in [1.82, 2.24) is 0 Å². The third-order valence-corrected chi connectivity index (χ3v) is 8.01. The summed E-state index contributed by atoms with van der Waals surface area (Å²) in [6, 6.07) is 18.2. The van der Waals surface area contributed by atoms with Gasteiger partial charge in [-0.3, -0.25) is 0 Å². The van der Waals surface area contributed by atoms with Crippen LogP contribution in [0.5, 0.6) is 0 Å². The quantitative estimate of drug-likeness (QED) is 0.205. The van der Waals surface area contributed by atoms with E-state index < -0.39 is 0 Å². The van der Waals surface area contributed by atoms with Crippen LogP contribution in [0.1, 0.15) is 0 Å². The molecule has 0 spiro atoms. The van der Waals surface area contributed by atoms with Crippen LogP contribution in [0, 0.1) is 9.02 Å². The third kappa shape index (κ3) is 1.97. The molecule has 0 saturated heterocycles. The number of benzene rings is 4. The molecule has 6 rings (SSSR count). The zero-order valence-electron chi connectivity index (χ0n) is 12.1. The minimum Gasteiger partial charge on any atom is -0.154 e. The Labute approximate surface area is 153 Å². The molecule has 2 aliphatic heterocycles. The molecular formula is C18H8N2S4. The molecule has 6 heteroatoms. The van der Waals surface area contributed by atoms with Crippen molar-refractivity contribution in [2.75, 3.05) is 0 Å². The Morgan fingerprint density at radius 3 is 1.29 bits per heavy atom. The first kappa shape index (κ1) is 13.7.